The smallest absolute Gasteiger partial charge is 0.243 e. The van der Waals surface area contributed by atoms with Crippen LogP contribution in [0.15, 0.2) is 29.2 Å². The van der Waals surface area contributed by atoms with Crippen LogP contribution in [0, 0.1) is 0 Å². The Hall–Kier alpha value is -1.11. The lowest BCUT2D eigenvalue weighted by atomic mass is 10.2. The highest BCUT2D eigenvalue weighted by atomic mass is 32.2. The van der Waals surface area contributed by atoms with Crippen molar-refractivity contribution >= 4 is 10.0 Å². The molecular formula is C15H23NO4S. The molecule has 2 atom stereocenters. The maximum atomic E-state index is 12.7. The van der Waals surface area contributed by atoms with Crippen molar-refractivity contribution in [3.63, 3.8) is 0 Å². The van der Waals surface area contributed by atoms with E-state index in [4.69, 9.17) is 9.47 Å². The van der Waals surface area contributed by atoms with E-state index in [2.05, 4.69) is 0 Å². The van der Waals surface area contributed by atoms with Crippen LogP contribution in [-0.2, 0) is 14.8 Å². The molecule has 118 valence electrons. The summed E-state index contributed by atoms with van der Waals surface area (Å²) in [5.74, 6) is 0.673. The van der Waals surface area contributed by atoms with Crippen LogP contribution in [0.25, 0.3) is 0 Å². The molecule has 2 rings (SSSR count). The van der Waals surface area contributed by atoms with Gasteiger partial charge in [0, 0.05) is 12.6 Å². The fourth-order valence-electron chi connectivity index (χ4n) is 2.34. The van der Waals surface area contributed by atoms with Gasteiger partial charge in [-0.15, -0.1) is 0 Å². The summed E-state index contributed by atoms with van der Waals surface area (Å²) in [6.07, 6.45) is -0.0374. The lowest BCUT2D eigenvalue weighted by molar-refractivity contribution is -0.0232. The molecule has 1 saturated heterocycles. The summed E-state index contributed by atoms with van der Waals surface area (Å²) in [6.45, 7) is 8.45. The standard InChI is InChI=1S/C15H23NO4S/c1-11(2)20-14-5-7-15(8-6-14)21(17,18)16-9-10-19-13(4)12(16)3/h5-8,11-13H,9-10H2,1-4H3. The van der Waals surface area contributed by atoms with Crippen molar-refractivity contribution in [3.8, 4) is 5.75 Å². The quantitative estimate of drug-likeness (QED) is 0.855. The molecule has 1 fully saturated rings. The summed E-state index contributed by atoms with van der Waals surface area (Å²) >= 11 is 0. The Bertz CT molecular complexity index is 568. The van der Waals surface area contributed by atoms with E-state index in [9.17, 15) is 8.42 Å². The van der Waals surface area contributed by atoms with E-state index in [-0.39, 0.29) is 18.2 Å². The second-order valence-electron chi connectivity index (χ2n) is 5.57. The number of sulfonamides is 1. The second kappa shape index (κ2) is 6.34. The highest BCUT2D eigenvalue weighted by Gasteiger charge is 2.35. The van der Waals surface area contributed by atoms with Gasteiger partial charge in [0.1, 0.15) is 5.75 Å². The largest absolute Gasteiger partial charge is 0.491 e. The van der Waals surface area contributed by atoms with Crippen molar-refractivity contribution in [2.75, 3.05) is 13.2 Å². The molecule has 0 spiro atoms. The summed E-state index contributed by atoms with van der Waals surface area (Å²) in [7, 11) is -3.49. The Morgan fingerprint density at radius 3 is 2.43 bits per heavy atom. The number of ether oxygens (including phenoxy) is 2. The minimum atomic E-state index is -3.49. The molecule has 21 heavy (non-hydrogen) atoms. The van der Waals surface area contributed by atoms with E-state index in [0.717, 1.165) is 0 Å². The van der Waals surface area contributed by atoms with Crippen LogP contribution >= 0.6 is 0 Å². The average Bonchev–Trinajstić information content (AvgIpc) is 2.41. The predicted octanol–water partition coefficient (Wildman–Crippen LogP) is 2.27. The first kappa shape index (κ1) is 16.3. The van der Waals surface area contributed by atoms with Gasteiger partial charge in [0.25, 0.3) is 0 Å². The van der Waals surface area contributed by atoms with E-state index >= 15 is 0 Å². The minimum Gasteiger partial charge on any atom is -0.491 e. The molecule has 0 saturated carbocycles. The number of hydrogen-bond donors (Lipinski definition) is 0. The maximum absolute atomic E-state index is 12.7. The molecule has 5 nitrogen and oxygen atoms in total. The van der Waals surface area contributed by atoms with E-state index in [1.54, 1.807) is 24.3 Å². The van der Waals surface area contributed by atoms with Crippen molar-refractivity contribution in [3.05, 3.63) is 24.3 Å². The van der Waals surface area contributed by atoms with Crippen LogP contribution in [0.3, 0.4) is 0 Å². The SMILES string of the molecule is CC(C)Oc1ccc(S(=O)(=O)N2CCOC(C)C2C)cc1. The molecule has 6 heteroatoms. The van der Waals surface area contributed by atoms with Crippen LogP contribution in [0.2, 0.25) is 0 Å². The zero-order valence-corrected chi connectivity index (χ0v) is 13.8. The number of nitrogens with zero attached hydrogens (tertiary/aromatic N) is 1. The van der Waals surface area contributed by atoms with Crippen molar-refractivity contribution in [1.82, 2.24) is 4.31 Å². The van der Waals surface area contributed by atoms with Crippen molar-refractivity contribution in [1.29, 1.82) is 0 Å². The second-order valence-corrected chi connectivity index (χ2v) is 7.46. The first-order valence-corrected chi connectivity index (χ1v) is 8.66. The van der Waals surface area contributed by atoms with Gasteiger partial charge in [0.2, 0.25) is 10.0 Å². The third kappa shape index (κ3) is 3.56. The summed E-state index contributed by atoms with van der Waals surface area (Å²) in [5.41, 5.74) is 0. The third-order valence-electron chi connectivity index (χ3n) is 3.63. The van der Waals surface area contributed by atoms with Crippen LogP contribution < -0.4 is 4.74 Å². The summed E-state index contributed by atoms with van der Waals surface area (Å²) in [6, 6.07) is 6.41. The van der Waals surface area contributed by atoms with Gasteiger partial charge >= 0.3 is 0 Å². The Labute approximate surface area is 126 Å². The molecule has 1 aliphatic rings. The fraction of sp³-hybridized carbons (Fsp3) is 0.600. The molecular weight excluding hydrogens is 290 g/mol. The molecule has 0 radical (unpaired) electrons. The molecule has 1 aliphatic heterocycles. The minimum absolute atomic E-state index is 0.0626. The van der Waals surface area contributed by atoms with E-state index in [1.165, 1.54) is 4.31 Å². The number of rotatable bonds is 4. The van der Waals surface area contributed by atoms with Crippen LogP contribution in [0.5, 0.6) is 5.75 Å². The van der Waals surface area contributed by atoms with Gasteiger partial charge in [-0.05, 0) is 52.0 Å². The van der Waals surface area contributed by atoms with E-state index in [1.807, 2.05) is 27.7 Å². The maximum Gasteiger partial charge on any atom is 0.243 e. The molecule has 0 amide bonds. The van der Waals surface area contributed by atoms with Crippen LogP contribution in [0.4, 0.5) is 0 Å². The highest BCUT2D eigenvalue weighted by Crippen LogP contribution is 2.25. The zero-order chi connectivity index (χ0) is 15.6. The average molecular weight is 313 g/mol. The van der Waals surface area contributed by atoms with Gasteiger partial charge < -0.3 is 9.47 Å². The predicted molar refractivity (Wildman–Crippen MR) is 81.0 cm³/mol. The van der Waals surface area contributed by atoms with E-state index < -0.39 is 10.0 Å². The van der Waals surface area contributed by atoms with E-state index in [0.29, 0.717) is 23.8 Å². The van der Waals surface area contributed by atoms with Crippen LogP contribution in [0.1, 0.15) is 27.7 Å². The van der Waals surface area contributed by atoms with Gasteiger partial charge in [-0.25, -0.2) is 8.42 Å². The number of hydrogen-bond acceptors (Lipinski definition) is 4. The number of morpholine rings is 1. The van der Waals surface area contributed by atoms with Gasteiger partial charge in [0.15, 0.2) is 0 Å². The molecule has 2 unspecified atom stereocenters. The third-order valence-corrected chi connectivity index (χ3v) is 5.63. The Kier molecular flexibility index (Phi) is 4.91. The van der Waals surface area contributed by atoms with Gasteiger partial charge in [-0.3, -0.25) is 0 Å². The fourth-order valence-corrected chi connectivity index (χ4v) is 4.02. The van der Waals surface area contributed by atoms with Gasteiger partial charge in [0.05, 0.1) is 23.7 Å². The lowest BCUT2D eigenvalue weighted by Gasteiger charge is -2.36. The Morgan fingerprint density at radius 2 is 1.86 bits per heavy atom. The topological polar surface area (TPSA) is 55.8 Å². The summed E-state index contributed by atoms with van der Waals surface area (Å²) < 4.78 is 38.0. The summed E-state index contributed by atoms with van der Waals surface area (Å²) in [4.78, 5) is 0.291. The molecule has 1 aromatic carbocycles. The van der Waals surface area contributed by atoms with Gasteiger partial charge in [-0.1, -0.05) is 0 Å². The first-order chi connectivity index (χ1) is 9.82. The van der Waals surface area contributed by atoms with Crippen molar-refractivity contribution in [2.45, 2.75) is 50.8 Å². The van der Waals surface area contributed by atoms with Crippen molar-refractivity contribution in [2.24, 2.45) is 0 Å². The molecule has 0 aromatic heterocycles. The monoisotopic (exact) mass is 313 g/mol. The Balaban J connectivity index is 2.23. The summed E-state index contributed by atoms with van der Waals surface area (Å²) in [5, 5.41) is 0. The number of benzene rings is 1. The normalized spacial score (nSPS) is 24.2. The molecule has 0 N–H and O–H groups in total. The zero-order valence-electron chi connectivity index (χ0n) is 12.9. The van der Waals surface area contributed by atoms with Crippen molar-refractivity contribution < 1.29 is 17.9 Å². The Morgan fingerprint density at radius 1 is 1.24 bits per heavy atom. The van der Waals surface area contributed by atoms with Gasteiger partial charge in [-0.2, -0.15) is 4.31 Å². The van der Waals surface area contributed by atoms with Crippen LogP contribution in [-0.4, -0.2) is 44.1 Å². The molecule has 1 heterocycles. The highest BCUT2D eigenvalue weighted by molar-refractivity contribution is 7.89. The molecule has 1 aromatic rings. The first-order valence-electron chi connectivity index (χ1n) is 7.22. The lowest BCUT2D eigenvalue weighted by Crippen LogP contribution is -2.50. The molecule has 0 bridgehead atoms. The molecule has 0 aliphatic carbocycles.